The second kappa shape index (κ2) is 10.3. The van der Waals surface area contributed by atoms with Gasteiger partial charge in [0.25, 0.3) is 0 Å². The summed E-state index contributed by atoms with van der Waals surface area (Å²) >= 11 is 7.41. The summed E-state index contributed by atoms with van der Waals surface area (Å²) < 4.78 is 52.8. The zero-order valence-electron chi connectivity index (χ0n) is 17.2. The van der Waals surface area contributed by atoms with Crippen LogP contribution in [0, 0.1) is 0 Å². The van der Waals surface area contributed by atoms with Crippen LogP contribution in [-0.2, 0) is 17.5 Å². The Labute approximate surface area is 192 Å². The zero-order valence-corrected chi connectivity index (χ0v) is 18.7. The van der Waals surface area contributed by atoms with Crippen molar-refractivity contribution >= 4 is 29.3 Å². The highest BCUT2D eigenvalue weighted by atomic mass is 35.5. The highest BCUT2D eigenvalue weighted by Gasteiger charge is 2.39. The van der Waals surface area contributed by atoms with Crippen molar-refractivity contribution < 1.29 is 27.4 Å². The molecule has 1 atom stereocenters. The van der Waals surface area contributed by atoms with E-state index in [1.807, 2.05) is 6.07 Å². The molecule has 0 fully saturated rings. The van der Waals surface area contributed by atoms with E-state index < -0.39 is 23.0 Å². The Kier molecular flexibility index (Phi) is 7.69. The van der Waals surface area contributed by atoms with E-state index in [2.05, 4.69) is 4.98 Å². The number of benzene rings is 2. The highest BCUT2D eigenvalue weighted by Crippen LogP contribution is 2.49. The number of hydrogen-bond acceptors (Lipinski definition) is 5. The zero-order chi connectivity index (χ0) is 23.3. The molecule has 3 rings (SSSR count). The van der Waals surface area contributed by atoms with Crippen molar-refractivity contribution in [3.63, 3.8) is 0 Å². The Morgan fingerprint density at radius 1 is 1.12 bits per heavy atom. The monoisotopic (exact) mass is 481 g/mol. The van der Waals surface area contributed by atoms with Gasteiger partial charge in [-0.25, -0.2) is 4.79 Å². The second-order valence-corrected chi connectivity index (χ2v) is 8.00. The summed E-state index contributed by atoms with van der Waals surface area (Å²) in [5, 5.41) is -0.968. The van der Waals surface area contributed by atoms with Crippen LogP contribution >= 0.6 is 23.4 Å². The smallest absolute Gasteiger partial charge is 0.416 e. The average molecular weight is 482 g/mol. The molecule has 0 aliphatic carbocycles. The summed E-state index contributed by atoms with van der Waals surface area (Å²) in [5.74, 6) is -0.805. The Morgan fingerprint density at radius 2 is 1.84 bits per heavy atom. The molecule has 0 bridgehead atoms. The van der Waals surface area contributed by atoms with Crippen LogP contribution in [0.1, 0.15) is 38.0 Å². The fourth-order valence-corrected chi connectivity index (χ4v) is 4.33. The van der Waals surface area contributed by atoms with Gasteiger partial charge in [-0.1, -0.05) is 41.9 Å². The van der Waals surface area contributed by atoms with Gasteiger partial charge in [0.1, 0.15) is 12.4 Å². The summed E-state index contributed by atoms with van der Waals surface area (Å²) in [6.45, 7) is 0.0159. The van der Waals surface area contributed by atoms with Gasteiger partial charge in [0, 0.05) is 11.8 Å². The first-order valence-corrected chi connectivity index (χ1v) is 11.1. The van der Waals surface area contributed by atoms with Gasteiger partial charge in [0.05, 0.1) is 34.2 Å². The number of ether oxygens (including phenoxy) is 2. The Hall–Kier alpha value is -2.71. The molecule has 0 spiro atoms. The Bertz CT molecular complexity index is 1090. The van der Waals surface area contributed by atoms with Gasteiger partial charge in [0.15, 0.2) is 0 Å². The summed E-state index contributed by atoms with van der Waals surface area (Å²) in [4.78, 5) is 16.5. The van der Waals surface area contributed by atoms with Crippen LogP contribution in [-0.4, -0.2) is 24.3 Å². The number of pyridine rings is 1. The van der Waals surface area contributed by atoms with Crippen LogP contribution in [0.25, 0.3) is 0 Å². The van der Waals surface area contributed by atoms with Crippen LogP contribution in [0.2, 0.25) is 5.02 Å². The van der Waals surface area contributed by atoms with Crippen molar-refractivity contribution in [2.24, 2.45) is 0 Å². The van der Waals surface area contributed by atoms with E-state index in [9.17, 15) is 18.0 Å². The molecule has 0 saturated heterocycles. The normalized spacial score (nSPS) is 12.3. The standard InChI is InChI=1S/C23H19ClF3NO3S/c1-30-22(29)15-9-6-12-28-19(15)21(32-2)18-16(23(25,26)27)10-11-17(24)20(18)31-13-14-7-4-3-5-8-14/h3-12,21H,13H2,1-2H3. The van der Waals surface area contributed by atoms with Gasteiger partial charge in [-0.2, -0.15) is 24.9 Å². The first-order chi connectivity index (χ1) is 15.3. The average Bonchev–Trinajstić information content (AvgIpc) is 2.79. The summed E-state index contributed by atoms with van der Waals surface area (Å²) in [7, 11) is 1.20. The Balaban J connectivity index is 2.20. The lowest BCUT2D eigenvalue weighted by molar-refractivity contribution is -0.138. The maximum atomic E-state index is 14.0. The van der Waals surface area contributed by atoms with Crippen LogP contribution in [0.15, 0.2) is 60.8 Å². The molecular weight excluding hydrogens is 463 g/mol. The molecule has 0 amide bonds. The number of hydrogen-bond donors (Lipinski definition) is 0. The first kappa shape index (κ1) is 23.9. The van der Waals surface area contributed by atoms with Gasteiger partial charge >= 0.3 is 12.1 Å². The fraction of sp³-hybridized carbons (Fsp3) is 0.217. The van der Waals surface area contributed by atoms with Crippen LogP contribution < -0.4 is 4.74 Å². The number of methoxy groups -OCH3 is 1. The van der Waals surface area contributed by atoms with Crippen molar-refractivity contribution in [3.8, 4) is 5.75 Å². The summed E-state index contributed by atoms with van der Waals surface area (Å²) in [5.41, 5.74) is -0.149. The van der Waals surface area contributed by atoms with Gasteiger partial charge in [0.2, 0.25) is 0 Å². The SMILES string of the molecule is COC(=O)c1cccnc1C(SC)c1c(C(F)(F)F)ccc(Cl)c1OCc1ccccc1. The summed E-state index contributed by atoms with van der Waals surface area (Å²) in [6, 6.07) is 14.1. The quantitative estimate of drug-likeness (QED) is 0.357. The van der Waals surface area contributed by atoms with Crippen molar-refractivity contribution in [2.75, 3.05) is 13.4 Å². The molecular formula is C23H19ClF3NO3S. The van der Waals surface area contributed by atoms with Gasteiger partial charge in [-0.15, -0.1) is 0 Å². The van der Waals surface area contributed by atoms with E-state index >= 15 is 0 Å². The predicted molar refractivity (Wildman–Crippen MR) is 118 cm³/mol. The van der Waals surface area contributed by atoms with Crippen LogP contribution in [0.3, 0.4) is 0 Å². The van der Waals surface area contributed by atoms with Crippen molar-refractivity contribution in [3.05, 3.63) is 93.8 Å². The third kappa shape index (κ3) is 5.19. The molecule has 4 nitrogen and oxygen atoms in total. The molecule has 0 N–H and O–H groups in total. The minimum absolute atomic E-state index is 0.0159. The van der Waals surface area contributed by atoms with Crippen LogP contribution in [0.5, 0.6) is 5.75 Å². The minimum atomic E-state index is -4.68. The predicted octanol–water partition coefficient (Wildman–Crippen LogP) is 6.57. The van der Waals surface area contributed by atoms with E-state index in [0.29, 0.717) is 0 Å². The van der Waals surface area contributed by atoms with Gasteiger partial charge in [-0.3, -0.25) is 4.98 Å². The molecule has 0 saturated carbocycles. The molecule has 32 heavy (non-hydrogen) atoms. The van der Waals surface area contributed by atoms with E-state index in [0.717, 1.165) is 29.5 Å². The number of alkyl halides is 3. The third-order valence-corrected chi connectivity index (χ3v) is 5.90. The number of aromatic nitrogens is 1. The molecule has 1 unspecified atom stereocenters. The maximum absolute atomic E-state index is 14.0. The molecule has 168 valence electrons. The van der Waals surface area contributed by atoms with E-state index in [-0.39, 0.29) is 34.2 Å². The van der Waals surface area contributed by atoms with E-state index in [1.54, 1.807) is 30.5 Å². The fourth-order valence-electron chi connectivity index (χ4n) is 3.23. The Morgan fingerprint density at radius 3 is 2.47 bits per heavy atom. The van der Waals surface area contributed by atoms with Gasteiger partial charge < -0.3 is 9.47 Å². The largest absolute Gasteiger partial charge is 0.487 e. The molecule has 0 aliphatic rings. The highest BCUT2D eigenvalue weighted by molar-refractivity contribution is 7.99. The molecule has 1 heterocycles. The third-order valence-electron chi connectivity index (χ3n) is 4.67. The van der Waals surface area contributed by atoms with Crippen molar-refractivity contribution in [2.45, 2.75) is 18.0 Å². The molecule has 0 aliphatic heterocycles. The van der Waals surface area contributed by atoms with Gasteiger partial charge in [-0.05, 0) is 36.1 Å². The number of esters is 1. The number of thioether (sulfide) groups is 1. The molecule has 0 radical (unpaired) electrons. The van der Waals surface area contributed by atoms with Crippen molar-refractivity contribution in [1.29, 1.82) is 0 Å². The number of rotatable bonds is 7. The topological polar surface area (TPSA) is 48.4 Å². The number of carbonyl (C=O) groups is 1. The number of halogens is 4. The minimum Gasteiger partial charge on any atom is -0.487 e. The summed E-state index contributed by atoms with van der Waals surface area (Å²) in [6.07, 6.45) is -1.64. The molecule has 2 aromatic carbocycles. The van der Waals surface area contributed by atoms with Crippen molar-refractivity contribution in [1.82, 2.24) is 4.98 Å². The van der Waals surface area contributed by atoms with Crippen LogP contribution in [0.4, 0.5) is 13.2 Å². The van der Waals surface area contributed by atoms with E-state index in [1.165, 1.54) is 25.4 Å². The molecule has 3 aromatic rings. The number of carbonyl (C=O) groups excluding carboxylic acids is 1. The lowest BCUT2D eigenvalue weighted by Crippen LogP contribution is -2.17. The second-order valence-electron chi connectivity index (χ2n) is 6.65. The lowest BCUT2D eigenvalue weighted by Gasteiger charge is -2.25. The maximum Gasteiger partial charge on any atom is 0.416 e. The first-order valence-electron chi connectivity index (χ1n) is 9.40. The molecule has 1 aromatic heterocycles. The lowest BCUT2D eigenvalue weighted by atomic mass is 9.97. The molecule has 9 heteroatoms. The number of nitrogens with zero attached hydrogens (tertiary/aromatic N) is 1. The van der Waals surface area contributed by atoms with E-state index in [4.69, 9.17) is 21.1 Å².